The van der Waals surface area contributed by atoms with Crippen molar-refractivity contribution in [2.45, 2.75) is 45.8 Å². The molecule has 0 aromatic heterocycles. The second-order valence-electron chi connectivity index (χ2n) is 5.63. The summed E-state index contributed by atoms with van der Waals surface area (Å²) in [5, 5.41) is 0.170. The highest BCUT2D eigenvalue weighted by atomic mass is 28.4. The molecule has 0 aromatic rings. The maximum atomic E-state index is 12.0. The van der Waals surface area contributed by atoms with Crippen molar-refractivity contribution in [2.24, 2.45) is 0 Å². The lowest BCUT2D eigenvalue weighted by Gasteiger charge is -2.35. The van der Waals surface area contributed by atoms with Crippen LogP contribution in [-0.4, -0.2) is 14.9 Å². The van der Waals surface area contributed by atoms with Gasteiger partial charge in [0.15, 0.2) is 8.32 Å². The standard InChI is InChI=1S/C14H22F2OSi/c1-12(13(15)16)10-8-7-9-11-17-18(5,6)14(2,3)4/h7,9H,11H2,1-6H3. The number of hydrogen-bond acceptors (Lipinski definition) is 1. The molecular weight excluding hydrogens is 250 g/mol. The predicted molar refractivity (Wildman–Crippen MR) is 75.0 cm³/mol. The minimum absolute atomic E-state index is 0.170. The fourth-order valence-electron chi connectivity index (χ4n) is 0.777. The van der Waals surface area contributed by atoms with Crippen LogP contribution in [0.4, 0.5) is 8.78 Å². The van der Waals surface area contributed by atoms with Crippen LogP contribution in [0.25, 0.3) is 0 Å². The van der Waals surface area contributed by atoms with Gasteiger partial charge in [0.25, 0.3) is 6.08 Å². The van der Waals surface area contributed by atoms with Gasteiger partial charge in [-0.15, -0.1) is 0 Å². The van der Waals surface area contributed by atoms with Gasteiger partial charge in [-0.1, -0.05) is 38.7 Å². The summed E-state index contributed by atoms with van der Waals surface area (Å²) >= 11 is 0. The first-order valence-corrected chi connectivity index (χ1v) is 8.81. The average Bonchev–Trinajstić information content (AvgIpc) is 2.20. The number of rotatable bonds is 3. The zero-order valence-electron chi connectivity index (χ0n) is 12.0. The fourth-order valence-corrected chi connectivity index (χ4v) is 1.72. The van der Waals surface area contributed by atoms with Gasteiger partial charge >= 0.3 is 0 Å². The molecule has 0 radical (unpaired) electrons. The third-order valence-corrected chi connectivity index (χ3v) is 7.59. The Hall–Kier alpha value is -0.923. The van der Waals surface area contributed by atoms with Gasteiger partial charge in [-0.05, 0) is 31.1 Å². The molecule has 0 fully saturated rings. The topological polar surface area (TPSA) is 9.23 Å². The molecule has 1 nitrogen and oxygen atoms in total. The zero-order valence-corrected chi connectivity index (χ0v) is 13.0. The van der Waals surface area contributed by atoms with Crippen LogP contribution in [0.1, 0.15) is 27.7 Å². The summed E-state index contributed by atoms with van der Waals surface area (Å²) in [5.74, 6) is 4.92. The number of hydrogen-bond donors (Lipinski definition) is 0. The first-order chi connectivity index (χ1) is 8.08. The molecule has 0 aliphatic rings. The lowest BCUT2D eigenvalue weighted by Crippen LogP contribution is -2.40. The minimum Gasteiger partial charge on any atom is -0.413 e. The molecule has 0 unspecified atom stereocenters. The molecular formula is C14H22F2OSi. The smallest absolute Gasteiger partial charge is 0.281 e. The van der Waals surface area contributed by atoms with Crippen molar-refractivity contribution < 1.29 is 13.2 Å². The van der Waals surface area contributed by atoms with Crippen molar-refractivity contribution in [3.8, 4) is 11.8 Å². The summed E-state index contributed by atoms with van der Waals surface area (Å²) in [4.78, 5) is 0. The third-order valence-electron chi connectivity index (χ3n) is 3.09. The molecule has 0 heterocycles. The molecule has 0 rings (SSSR count). The van der Waals surface area contributed by atoms with E-state index in [1.54, 1.807) is 12.2 Å². The Bertz CT molecular complexity index is 388. The summed E-state index contributed by atoms with van der Waals surface area (Å²) in [5.41, 5.74) is -0.190. The second-order valence-corrected chi connectivity index (χ2v) is 10.4. The van der Waals surface area contributed by atoms with Gasteiger partial charge in [-0.25, -0.2) is 0 Å². The molecule has 0 aromatic carbocycles. The van der Waals surface area contributed by atoms with Crippen molar-refractivity contribution in [1.82, 2.24) is 0 Å². The van der Waals surface area contributed by atoms with Gasteiger partial charge in [-0.3, -0.25) is 0 Å². The van der Waals surface area contributed by atoms with E-state index >= 15 is 0 Å². The highest BCUT2D eigenvalue weighted by Gasteiger charge is 2.36. The molecule has 0 bridgehead atoms. The van der Waals surface area contributed by atoms with Crippen molar-refractivity contribution in [1.29, 1.82) is 0 Å². The lowest BCUT2D eigenvalue weighted by molar-refractivity contribution is 0.328. The summed E-state index contributed by atoms with van der Waals surface area (Å²) in [6, 6.07) is 0. The normalized spacial score (nSPS) is 12.2. The van der Waals surface area contributed by atoms with Gasteiger partial charge < -0.3 is 4.43 Å². The Labute approximate surface area is 110 Å². The van der Waals surface area contributed by atoms with E-state index in [1.165, 1.54) is 6.92 Å². The highest BCUT2D eigenvalue weighted by Crippen LogP contribution is 2.36. The monoisotopic (exact) mass is 272 g/mol. The Morgan fingerprint density at radius 3 is 2.28 bits per heavy atom. The first-order valence-electron chi connectivity index (χ1n) is 5.90. The van der Waals surface area contributed by atoms with Crippen molar-refractivity contribution in [3.63, 3.8) is 0 Å². The second kappa shape index (κ2) is 6.86. The maximum absolute atomic E-state index is 12.0. The molecule has 0 amide bonds. The van der Waals surface area contributed by atoms with E-state index < -0.39 is 14.4 Å². The third kappa shape index (κ3) is 6.13. The summed E-state index contributed by atoms with van der Waals surface area (Å²) in [6.45, 7) is 12.6. The maximum Gasteiger partial charge on any atom is 0.281 e. The van der Waals surface area contributed by atoms with Crippen LogP contribution < -0.4 is 0 Å². The molecule has 102 valence electrons. The van der Waals surface area contributed by atoms with Crippen LogP contribution in [0, 0.1) is 11.8 Å². The summed E-state index contributed by atoms with van der Waals surface area (Å²) in [6.07, 6.45) is 1.59. The van der Waals surface area contributed by atoms with Crippen LogP contribution in [0.2, 0.25) is 18.1 Å². The van der Waals surface area contributed by atoms with Crippen LogP contribution in [0.5, 0.6) is 0 Å². The fraction of sp³-hybridized carbons (Fsp3) is 0.571. The molecule has 0 saturated heterocycles. The minimum atomic E-state index is -1.73. The molecule has 0 saturated carbocycles. The van der Waals surface area contributed by atoms with E-state index in [0.29, 0.717) is 6.61 Å². The zero-order chi connectivity index (χ0) is 14.4. The Morgan fingerprint density at radius 2 is 1.83 bits per heavy atom. The van der Waals surface area contributed by atoms with Crippen molar-refractivity contribution in [3.05, 3.63) is 23.8 Å². The molecule has 18 heavy (non-hydrogen) atoms. The predicted octanol–water partition coefficient (Wildman–Crippen LogP) is 4.74. The Balaban J connectivity index is 4.27. The molecule has 0 N–H and O–H groups in total. The van der Waals surface area contributed by atoms with Crippen LogP contribution in [-0.2, 0) is 4.43 Å². The molecule has 0 atom stereocenters. The van der Waals surface area contributed by atoms with E-state index in [-0.39, 0.29) is 10.6 Å². The Morgan fingerprint density at radius 1 is 1.28 bits per heavy atom. The molecule has 4 heteroatoms. The van der Waals surface area contributed by atoms with Crippen LogP contribution >= 0.6 is 0 Å². The Kier molecular flexibility index (Phi) is 6.51. The van der Waals surface area contributed by atoms with Gasteiger partial charge in [0, 0.05) is 0 Å². The van der Waals surface area contributed by atoms with E-state index in [2.05, 4.69) is 45.7 Å². The molecule has 0 aliphatic heterocycles. The molecule has 0 aliphatic carbocycles. The van der Waals surface area contributed by atoms with E-state index in [4.69, 9.17) is 4.43 Å². The number of allylic oxidation sites excluding steroid dienone is 2. The van der Waals surface area contributed by atoms with Gasteiger partial charge in [0.2, 0.25) is 0 Å². The van der Waals surface area contributed by atoms with E-state index in [0.717, 1.165) is 0 Å². The van der Waals surface area contributed by atoms with Gasteiger partial charge in [0.1, 0.15) is 0 Å². The number of halogens is 2. The lowest BCUT2D eigenvalue weighted by atomic mass is 10.2. The van der Waals surface area contributed by atoms with Crippen LogP contribution in [0.15, 0.2) is 23.8 Å². The molecule has 0 spiro atoms. The van der Waals surface area contributed by atoms with E-state index in [9.17, 15) is 8.78 Å². The highest BCUT2D eigenvalue weighted by molar-refractivity contribution is 6.74. The van der Waals surface area contributed by atoms with Crippen molar-refractivity contribution in [2.75, 3.05) is 6.61 Å². The summed E-state index contributed by atoms with van der Waals surface area (Å²) < 4.78 is 29.9. The summed E-state index contributed by atoms with van der Waals surface area (Å²) in [7, 11) is -1.73. The first kappa shape index (κ1) is 17.1. The van der Waals surface area contributed by atoms with Gasteiger partial charge in [0.05, 0.1) is 12.2 Å². The largest absolute Gasteiger partial charge is 0.413 e. The van der Waals surface area contributed by atoms with Crippen molar-refractivity contribution >= 4 is 8.32 Å². The van der Waals surface area contributed by atoms with Gasteiger partial charge in [-0.2, -0.15) is 8.78 Å². The quantitative estimate of drug-likeness (QED) is 0.532. The van der Waals surface area contributed by atoms with E-state index in [1.807, 2.05) is 0 Å². The SMILES string of the molecule is CC(C#CC=CCO[Si](C)(C)C(C)(C)C)=C(F)F. The average molecular weight is 272 g/mol. The van der Waals surface area contributed by atoms with Crippen LogP contribution in [0.3, 0.4) is 0 Å².